The van der Waals surface area contributed by atoms with Gasteiger partial charge in [0.2, 0.25) is 0 Å². The lowest BCUT2D eigenvalue weighted by Gasteiger charge is -2.40. The summed E-state index contributed by atoms with van der Waals surface area (Å²) in [6, 6.07) is 0.0751. The third kappa shape index (κ3) is 3.52. The lowest BCUT2D eigenvalue weighted by atomic mass is 9.80. The highest BCUT2D eigenvalue weighted by Gasteiger charge is 2.31. The molecule has 1 aliphatic heterocycles. The summed E-state index contributed by atoms with van der Waals surface area (Å²) in [5, 5.41) is 0. The van der Waals surface area contributed by atoms with Crippen molar-refractivity contribution in [2.45, 2.75) is 32.4 Å². The van der Waals surface area contributed by atoms with E-state index in [2.05, 4.69) is 6.58 Å². The molecular weight excluding hydrogens is 218 g/mol. The van der Waals surface area contributed by atoms with E-state index in [0.29, 0.717) is 13.2 Å². The van der Waals surface area contributed by atoms with Crippen molar-refractivity contribution >= 4 is 6.98 Å². The van der Waals surface area contributed by atoms with Crippen LogP contribution in [0.5, 0.6) is 0 Å². The number of ether oxygens (including phenoxy) is 1. The van der Waals surface area contributed by atoms with Gasteiger partial charge >= 0.3 is 6.98 Å². The SMILES string of the molecule is C=C(CN1CC(C)OCC1CC)[B-](F)(F)F. The Morgan fingerprint density at radius 1 is 1.50 bits per heavy atom. The first-order chi connectivity index (χ1) is 7.34. The molecule has 0 saturated carbocycles. The molecule has 1 heterocycles. The maximum atomic E-state index is 12.4. The van der Waals surface area contributed by atoms with Crippen LogP contribution in [0.3, 0.4) is 0 Å². The van der Waals surface area contributed by atoms with Gasteiger partial charge in [0.1, 0.15) is 0 Å². The Bertz CT molecular complexity index is 257. The van der Waals surface area contributed by atoms with E-state index in [-0.39, 0.29) is 18.7 Å². The van der Waals surface area contributed by atoms with Crippen LogP contribution in [0.2, 0.25) is 0 Å². The van der Waals surface area contributed by atoms with Crippen LogP contribution in [0.1, 0.15) is 20.3 Å². The molecule has 0 aromatic carbocycles. The molecule has 16 heavy (non-hydrogen) atoms. The number of hydrogen-bond acceptors (Lipinski definition) is 2. The van der Waals surface area contributed by atoms with Crippen LogP contribution < -0.4 is 0 Å². The molecule has 0 amide bonds. The number of morpholine rings is 1. The first kappa shape index (κ1) is 13.6. The van der Waals surface area contributed by atoms with Gasteiger partial charge in [-0.15, -0.1) is 12.1 Å². The average molecular weight is 236 g/mol. The Balaban J connectivity index is 2.59. The molecule has 0 aromatic rings. The van der Waals surface area contributed by atoms with E-state index in [0.717, 1.165) is 6.42 Å². The Hall–Kier alpha value is -0.485. The van der Waals surface area contributed by atoms with Crippen molar-refractivity contribution in [1.82, 2.24) is 4.90 Å². The lowest BCUT2D eigenvalue weighted by molar-refractivity contribution is -0.0519. The van der Waals surface area contributed by atoms with E-state index < -0.39 is 12.4 Å². The average Bonchev–Trinajstić information content (AvgIpc) is 2.16. The van der Waals surface area contributed by atoms with Gasteiger partial charge in [-0.2, -0.15) is 0 Å². The first-order valence-corrected chi connectivity index (χ1v) is 5.57. The predicted octanol–water partition coefficient (Wildman–Crippen LogP) is 2.43. The van der Waals surface area contributed by atoms with Crippen LogP contribution in [0, 0.1) is 0 Å². The Morgan fingerprint density at radius 3 is 2.62 bits per heavy atom. The molecule has 2 atom stereocenters. The second kappa shape index (κ2) is 5.23. The summed E-state index contributed by atoms with van der Waals surface area (Å²) < 4.78 is 42.7. The molecule has 94 valence electrons. The van der Waals surface area contributed by atoms with Gasteiger partial charge in [0, 0.05) is 12.6 Å². The molecule has 1 rings (SSSR count). The molecule has 1 saturated heterocycles. The summed E-state index contributed by atoms with van der Waals surface area (Å²) in [7, 11) is 0. The van der Waals surface area contributed by atoms with Gasteiger partial charge in [0.15, 0.2) is 0 Å². The summed E-state index contributed by atoms with van der Waals surface area (Å²) in [4.78, 5) is 1.83. The molecule has 2 nitrogen and oxygen atoms in total. The lowest BCUT2D eigenvalue weighted by Crippen LogP contribution is -2.50. The van der Waals surface area contributed by atoms with Crippen molar-refractivity contribution in [2.24, 2.45) is 0 Å². The Kier molecular flexibility index (Phi) is 4.44. The molecule has 0 aliphatic carbocycles. The molecule has 0 radical (unpaired) electrons. The fourth-order valence-corrected chi connectivity index (χ4v) is 1.85. The van der Waals surface area contributed by atoms with Crippen molar-refractivity contribution < 1.29 is 17.7 Å². The summed E-state index contributed by atoms with van der Waals surface area (Å²) >= 11 is 0. The zero-order valence-corrected chi connectivity index (χ0v) is 9.76. The molecule has 0 N–H and O–H groups in total. The minimum Gasteiger partial charge on any atom is -0.445 e. The summed E-state index contributed by atoms with van der Waals surface area (Å²) in [6.45, 7) is 3.01. The van der Waals surface area contributed by atoms with E-state index >= 15 is 0 Å². The zero-order valence-electron chi connectivity index (χ0n) is 9.76. The summed E-state index contributed by atoms with van der Waals surface area (Å²) in [5.74, 6) is 0. The molecule has 6 heteroatoms. The standard InChI is InChI=1S/C10H18BF3NO/c1-4-10-7-16-9(3)6-15(10)5-8(2)11(12,13)14/h9-10H,2,4-7H2,1,3H3/q-1. The predicted molar refractivity (Wildman–Crippen MR) is 59.3 cm³/mol. The van der Waals surface area contributed by atoms with Crippen LogP contribution >= 0.6 is 0 Å². The summed E-state index contributed by atoms with van der Waals surface area (Å²) in [5.41, 5.74) is -0.618. The van der Waals surface area contributed by atoms with Crippen LogP contribution in [-0.2, 0) is 4.74 Å². The second-order valence-electron chi connectivity index (χ2n) is 4.37. The number of nitrogens with zero attached hydrogens (tertiary/aromatic N) is 1. The van der Waals surface area contributed by atoms with Gasteiger partial charge in [0.25, 0.3) is 0 Å². The van der Waals surface area contributed by atoms with E-state index in [1.165, 1.54) is 0 Å². The smallest absolute Gasteiger partial charge is 0.445 e. The Labute approximate surface area is 94.5 Å². The van der Waals surface area contributed by atoms with Gasteiger partial charge in [-0.1, -0.05) is 6.92 Å². The normalized spacial score (nSPS) is 28.1. The van der Waals surface area contributed by atoms with Gasteiger partial charge in [-0.25, -0.2) is 0 Å². The minimum atomic E-state index is -4.92. The number of halogens is 3. The highest BCUT2D eigenvalue weighted by molar-refractivity contribution is 6.66. The zero-order chi connectivity index (χ0) is 12.3. The number of rotatable bonds is 4. The fourth-order valence-electron chi connectivity index (χ4n) is 1.85. The van der Waals surface area contributed by atoms with Crippen LogP contribution in [0.25, 0.3) is 0 Å². The third-order valence-corrected chi connectivity index (χ3v) is 2.92. The van der Waals surface area contributed by atoms with E-state index in [4.69, 9.17) is 4.74 Å². The molecular formula is C10H18BF3NO-. The topological polar surface area (TPSA) is 12.5 Å². The van der Waals surface area contributed by atoms with E-state index in [1.807, 2.05) is 18.7 Å². The summed E-state index contributed by atoms with van der Waals surface area (Å²) in [6.07, 6.45) is 0.793. The molecule has 2 unspecified atom stereocenters. The molecule has 1 fully saturated rings. The molecule has 1 aliphatic rings. The minimum absolute atomic E-state index is 0.00339. The number of hydrogen-bond donors (Lipinski definition) is 0. The quantitative estimate of drug-likeness (QED) is 0.695. The maximum absolute atomic E-state index is 12.4. The van der Waals surface area contributed by atoms with Crippen LogP contribution in [-0.4, -0.2) is 43.7 Å². The monoisotopic (exact) mass is 236 g/mol. The van der Waals surface area contributed by atoms with Gasteiger partial charge < -0.3 is 17.7 Å². The van der Waals surface area contributed by atoms with Crippen molar-refractivity contribution in [3.05, 3.63) is 12.1 Å². The molecule has 0 bridgehead atoms. The van der Waals surface area contributed by atoms with E-state index in [1.54, 1.807) is 0 Å². The molecule has 0 aromatic heterocycles. The fraction of sp³-hybridized carbons (Fsp3) is 0.800. The van der Waals surface area contributed by atoms with Gasteiger partial charge in [0.05, 0.1) is 12.7 Å². The van der Waals surface area contributed by atoms with Crippen molar-refractivity contribution in [3.63, 3.8) is 0 Å². The van der Waals surface area contributed by atoms with Crippen LogP contribution in [0.15, 0.2) is 12.1 Å². The molecule has 0 spiro atoms. The van der Waals surface area contributed by atoms with Crippen molar-refractivity contribution in [2.75, 3.05) is 19.7 Å². The highest BCUT2D eigenvalue weighted by Crippen LogP contribution is 2.22. The third-order valence-electron chi connectivity index (χ3n) is 2.92. The van der Waals surface area contributed by atoms with Crippen molar-refractivity contribution in [3.8, 4) is 0 Å². The first-order valence-electron chi connectivity index (χ1n) is 5.57. The Morgan fingerprint density at radius 2 is 2.12 bits per heavy atom. The largest absolute Gasteiger partial charge is 0.506 e. The van der Waals surface area contributed by atoms with Gasteiger partial charge in [-0.05, 0) is 19.9 Å². The van der Waals surface area contributed by atoms with Crippen molar-refractivity contribution in [1.29, 1.82) is 0 Å². The van der Waals surface area contributed by atoms with E-state index in [9.17, 15) is 12.9 Å². The second-order valence-corrected chi connectivity index (χ2v) is 4.37. The maximum Gasteiger partial charge on any atom is 0.506 e. The van der Waals surface area contributed by atoms with Crippen LogP contribution in [0.4, 0.5) is 12.9 Å². The highest BCUT2D eigenvalue weighted by atomic mass is 19.4. The van der Waals surface area contributed by atoms with Gasteiger partial charge in [-0.3, -0.25) is 4.90 Å².